The Balaban J connectivity index is 1.56. The summed E-state index contributed by atoms with van der Waals surface area (Å²) in [5.41, 5.74) is 3.24. The monoisotopic (exact) mass is 621 g/mol. The molecule has 0 spiro atoms. The number of halogens is 2. The van der Waals surface area contributed by atoms with Crippen molar-refractivity contribution < 1.29 is 32.7 Å². The third kappa shape index (κ3) is 4.97. The van der Waals surface area contributed by atoms with E-state index in [0.29, 0.717) is 33.8 Å². The molecule has 15 heteroatoms. The van der Waals surface area contributed by atoms with Crippen LogP contribution in [0.15, 0.2) is 36.4 Å². The molecule has 13 nitrogen and oxygen atoms in total. The summed E-state index contributed by atoms with van der Waals surface area (Å²) in [5.74, 6) is -4.58. The molecule has 3 aromatic rings. The minimum Gasteiger partial charge on any atom is -0.497 e. The summed E-state index contributed by atoms with van der Waals surface area (Å²) in [4.78, 5) is 31.8. The van der Waals surface area contributed by atoms with E-state index in [-0.39, 0.29) is 36.9 Å². The van der Waals surface area contributed by atoms with Crippen LogP contribution >= 0.6 is 0 Å². The molecule has 1 aromatic heterocycles. The first-order chi connectivity index (χ1) is 21.3. The zero-order valence-electron chi connectivity index (χ0n) is 24.7. The molecule has 3 saturated carbocycles. The number of hydrogen-bond donors (Lipinski definition) is 3. The van der Waals surface area contributed by atoms with Gasteiger partial charge in [0.05, 0.1) is 25.2 Å². The van der Waals surface area contributed by atoms with Gasteiger partial charge in [0.1, 0.15) is 28.2 Å². The molecule has 0 radical (unpaired) electrons. The Hall–Kier alpha value is -5.52. The van der Waals surface area contributed by atoms with Crippen LogP contribution in [0, 0.1) is 40.7 Å². The summed E-state index contributed by atoms with van der Waals surface area (Å²) in [5, 5.41) is 26.8. The quantitative estimate of drug-likeness (QED) is 0.140. The van der Waals surface area contributed by atoms with Crippen molar-refractivity contribution >= 4 is 29.4 Å². The summed E-state index contributed by atoms with van der Waals surface area (Å²) < 4.78 is 46.9. The fourth-order valence-corrected chi connectivity index (χ4v) is 5.87. The van der Waals surface area contributed by atoms with Crippen LogP contribution in [0.5, 0.6) is 23.1 Å². The standard InChI is InChI=1S/C30H29F2N7O6/c1-16-10-18(6-5-9-33)11-17(2)23(16)45-25-22(39(41)42)24(35-13-19-7-8-20(43-3)12-21(19)44-4)36-27(37-25)38-29-14-28(15-29,26(34)40)30(29,31)32/h5-8,10-12H,13-15H2,1-4H3,(H2,34,40)(H2,35,36,37,38)/b6-5+. The highest BCUT2D eigenvalue weighted by atomic mass is 19.3. The molecule has 3 aliphatic carbocycles. The van der Waals surface area contributed by atoms with Crippen molar-refractivity contribution in [2.75, 3.05) is 24.9 Å². The van der Waals surface area contributed by atoms with Gasteiger partial charge in [0, 0.05) is 24.3 Å². The number of allylic oxidation sites excluding steroid dienone is 1. The lowest BCUT2D eigenvalue weighted by Gasteiger charge is -2.73. The number of anilines is 2. The van der Waals surface area contributed by atoms with Crippen molar-refractivity contribution in [1.29, 1.82) is 5.26 Å². The molecular formula is C30H29F2N7O6. The molecule has 45 heavy (non-hydrogen) atoms. The molecule has 3 fully saturated rings. The first-order valence-electron chi connectivity index (χ1n) is 13.6. The number of ether oxygens (including phenoxy) is 3. The Morgan fingerprint density at radius 2 is 1.87 bits per heavy atom. The van der Waals surface area contributed by atoms with Crippen LogP contribution in [-0.4, -0.2) is 46.5 Å². The number of carbonyl (C=O) groups is 1. The first kappa shape index (κ1) is 30.9. The Bertz CT molecular complexity index is 1760. The molecule has 0 aliphatic heterocycles. The van der Waals surface area contributed by atoms with E-state index >= 15 is 8.78 Å². The van der Waals surface area contributed by atoms with Gasteiger partial charge in [-0.05, 0) is 73.7 Å². The predicted octanol–water partition coefficient (Wildman–Crippen LogP) is 5.03. The van der Waals surface area contributed by atoms with Gasteiger partial charge in [-0.25, -0.2) is 8.78 Å². The van der Waals surface area contributed by atoms with Gasteiger partial charge < -0.3 is 30.6 Å². The minimum atomic E-state index is -3.48. The van der Waals surface area contributed by atoms with Crippen LogP contribution in [0.25, 0.3) is 6.08 Å². The molecule has 0 unspecified atom stereocenters. The normalized spacial score (nSPS) is 20.7. The number of nitrogens with two attached hydrogens (primary N) is 1. The third-order valence-electron chi connectivity index (χ3n) is 8.24. The van der Waals surface area contributed by atoms with Crippen LogP contribution in [0.2, 0.25) is 0 Å². The maximum atomic E-state index is 15.1. The number of hydrogen-bond acceptors (Lipinski definition) is 11. The zero-order chi connectivity index (χ0) is 32.7. The highest BCUT2D eigenvalue weighted by Gasteiger charge is 2.91. The topological polar surface area (TPSA) is 188 Å². The number of amides is 1. The number of nitriles is 1. The number of aromatic nitrogens is 2. The van der Waals surface area contributed by atoms with Crippen molar-refractivity contribution in [3.05, 3.63) is 68.8 Å². The molecule has 4 N–H and O–H groups in total. The highest BCUT2D eigenvalue weighted by Crippen LogP contribution is 2.76. The molecular weight excluding hydrogens is 592 g/mol. The number of nitrogens with zero attached hydrogens (tertiary/aromatic N) is 4. The molecule has 3 aliphatic rings. The van der Waals surface area contributed by atoms with Gasteiger partial charge >= 0.3 is 11.6 Å². The summed E-state index contributed by atoms with van der Waals surface area (Å²) in [6.07, 6.45) is 2.40. The number of benzene rings is 2. The Kier molecular flexibility index (Phi) is 7.69. The smallest absolute Gasteiger partial charge is 0.373 e. The van der Waals surface area contributed by atoms with Gasteiger partial charge in [-0.2, -0.15) is 15.2 Å². The lowest BCUT2D eigenvalue weighted by Crippen LogP contribution is -2.89. The highest BCUT2D eigenvalue weighted by molar-refractivity contribution is 5.89. The van der Waals surface area contributed by atoms with Gasteiger partial charge in [-0.3, -0.25) is 14.9 Å². The number of rotatable bonds is 12. The SMILES string of the molecule is COc1ccc(CNc2nc(NC34CC(C(N)=O)(C3)C4(F)F)nc(Oc3c(C)cc(/C=C/C#N)cc3C)c2[N+](=O)[O-])c(OC)c1. The number of carbonyl (C=O) groups excluding carboxylic acids is 1. The fraction of sp³-hybridized carbons (Fsp3) is 0.333. The number of nitro groups is 1. The van der Waals surface area contributed by atoms with E-state index in [1.54, 1.807) is 50.3 Å². The van der Waals surface area contributed by atoms with E-state index in [1.807, 2.05) is 6.07 Å². The molecule has 2 aromatic carbocycles. The second-order valence-corrected chi connectivity index (χ2v) is 11.0. The van der Waals surface area contributed by atoms with E-state index in [0.717, 1.165) is 0 Å². The summed E-state index contributed by atoms with van der Waals surface area (Å²) in [6.45, 7) is 3.39. The fourth-order valence-electron chi connectivity index (χ4n) is 5.87. The van der Waals surface area contributed by atoms with Crippen molar-refractivity contribution in [2.45, 2.75) is 44.7 Å². The zero-order valence-corrected chi connectivity index (χ0v) is 24.7. The number of aryl methyl sites for hydroxylation is 2. The minimum absolute atomic E-state index is 0.0199. The number of nitrogens with one attached hydrogen (secondary N) is 2. The van der Waals surface area contributed by atoms with E-state index in [4.69, 9.17) is 25.2 Å². The average Bonchev–Trinajstić information content (AvgIpc) is 2.97. The molecule has 1 heterocycles. The van der Waals surface area contributed by atoms with Crippen LogP contribution in [0.4, 0.5) is 26.2 Å². The van der Waals surface area contributed by atoms with Gasteiger partial charge in [0.25, 0.3) is 5.92 Å². The maximum Gasteiger partial charge on any atom is 0.373 e. The van der Waals surface area contributed by atoms with Crippen molar-refractivity contribution in [3.8, 4) is 29.2 Å². The molecule has 1 amide bonds. The van der Waals surface area contributed by atoms with Gasteiger partial charge in [-0.1, -0.05) is 0 Å². The second-order valence-electron chi connectivity index (χ2n) is 11.0. The van der Waals surface area contributed by atoms with Crippen molar-refractivity contribution in [3.63, 3.8) is 0 Å². The Morgan fingerprint density at radius 1 is 1.18 bits per heavy atom. The molecule has 6 rings (SSSR count). The van der Waals surface area contributed by atoms with Gasteiger partial charge in [-0.15, -0.1) is 0 Å². The van der Waals surface area contributed by atoms with E-state index in [9.17, 15) is 14.9 Å². The van der Waals surface area contributed by atoms with E-state index in [1.165, 1.54) is 20.3 Å². The molecule has 0 atom stereocenters. The van der Waals surface area contributed by atoms with Gasteiger partial charge in [0.15, 0.2) is 0 Å². The Morgan fingerprint density at radius 3 is 2.42 bits per heavy atom. The summed E-state index contributed by atoms with van der Waals surface area (Å²) in [7, 11) is 2.95. The van der Waals surface area contributed by atoms with E-state index in [2.05, 4.69) is 20.6 Å². The maximum absolute atomic E-state index is 15.1. The van der Waals surface area contributed by atoms with Crippen molar-refractivity contribution in [2.24, 2.45) is 11.1 Å². The lowest BCUT2D eigenvalue weighted by atomic mass is 9.36. The molecule has 234 valence electrons. The van der Waals surface area contributed by atoms with Crippen LogP contribution in [-0.2, 0) is 11.3 Å². The van der Waals surface area contributed by atoms with Crippen LogP contribution in [0.3, 0.4) is 0 Å². The Labute approximate surface area is 256 Å². The number of primary amides is 1. The summed E-state index contributed by atoms with van der Waals surface area (Å²) in [6, 6.07) is 10.3. The summed E-state index contributed by atoms with van der Waals surface area (Å²) >= 11 is 0. The van der Waals surface area contributed by atoms with Crippen molar-refractivity contribution in [1.82, 2.24) is 9.97 Å². The molecule has 2 bridgehead atoms. The predicted molar refractivity (Wildman–Crippen MR) is 158 cm³/mol. The van der Waals surface area contributed by atoms with E-state index < -0.39 is 39.3 Å². The van der Waals surface area contributed by atoms with Gasteiger partial charge in [0.2, 0.25) is 17.7 Å². The second kappa shape index (κ2) is 11.2. The average molecular weight is 622 g/mol. The first-order valence-corrected chi connectivity index (χ1v) is 13.6. The largest absolute Gasteiger partial charge is 0.497 e. The number of alkyl halides is 2. The lowest BCUT2D eigenvalue weighted by molar-refractivity contribution is -0.385. The molecule has 0 saturated heterocycles. The van der Waals surface area contributed by atoms with Crippen LogP contribution in [0.1, 0.15) is 35.1 Å². The third-order valence-corrected chi connectivity index (χ3v) is 8.24. The number of methoxy groups -OCH3 is 2. The van der Waals surface area contributed by atoms with Crippen LogP contribution < -0.4 is 30.6 Å².